The van der Waals surface area contributed by atoms with Gasteiger partial charge in [0.15, 0.2) is 12.6 Å². The molecule has 96 valence electrons. The molecule has 0 aliphatic heterocycles. The van der Waals surface area contributed by atoms with E-state index >= 15 is 0 Å². The average molecular weight is 244 g/mol. The minimum absolute atomic E-state index is 0.103. The SMILES string of the molecule is C=CC(=O)CCOOCOCCOC(=O)C=C. The van der Waals surface area contributed by atoms with Crippen LogP contribution in [-0.4, -0.2) is 38.4 Å². The standard InChI is InChI=1S/C11H16O6/c1-3-10(12)5-6-16-17-9-14-7-8-15-11(13)4-2/h3-4H,1-2,5-9H2. The summed E-state index contributed by atoms with van der Waals surface area (Å²) in [7, 11) is 0. The summed E-state index contributed by atoms with van der Waals surface area (Å²) in [5.74, 6) is -0.625. The highest BCUT2D eigenvalue weighted by atomic mass is 17.2. The zero-order chi connectivity index (χ0) is 12.9. The van der Waals surface area contributed by atoms with Crippen LogP contribution in [0.3, 0.4) is 0 Å². The monoisotopic (exact) mass is 244 g/mol. The van der Waals surface area contributed by atoms with Crippen molar-refractivity contribution < 1.29 is 28.8 Å². The summed E-state index contributed by atoms with van der Waals surface area (Å²) in [5, 5.41) is 0. The van der Waals surface area contributed by atoms with E-state index in [0.29, 0.717) is 0 Å². The summed E-state index contributed by atoms with van der Waals surface area (Å²) in [5.41, 5.74) is 0. The van der Waals surface area contributed by atoms with Crippen molar-refractivity contribution in [3.8, 4) is 0 Å². The van der Waals surface area contributed by atoms with Crippen molar-refractivity contribution in [2.45, 2.75) is 6.42 Å². The molecule has 0 heterocycles. The molecule has 0 spiro atoms. The third kappa shape index (κ3) is 10.8. The highest BCUT2D eigenvalue weighted by molar-refractivity contribution is 5.89. The first-order chi connectivity index (χ1) is 8.20. The Hall–Kier alpha value is -1.50. The van der Waals surface area contributed by atoms with Gasteiger partial charge >= 0.3 is 5.97 Å². The first-order valence-corrected chi connectivity index (χ1v) is 4.97. The molecular formula is C11H16O6. The van der Waals surface area contributed by atoms with Crippen LogP contribution in [0, 0.1) is 0 Å². The van der Waals surface area contributed by atoms with E-state index in [-0.39, 0.29) is 38.8 Å². The van der Waals surface area contributed by atoms with Gasteiger partial charge < -0.3 is 9.47 Å². The van der Waals surface area contributed by atoms with Gasteiger partial charge in [-0.1, -0.05) is 13.2 Å². The van der Waals surface area contributed by atoms with Crippen molar-refractivity contribution in [3.05, 3.63) is 25.3 Å². The highest BCUT2D eigenvalue weighted by Crippen LogP contribution is 1.88. The summed E-state index contributed by atoms with van der Waals surface area (Å²) in [6, 6.07) is 0. The molecule has 0 saturated carbocycles. The van der Waals surface area contributed by atoms with Crippen LogP contribution in [0.4, 0.5) is 0 Å². The maximum Gasteiger partial charge on any atom is 0.330 e. The molecule has 0 fully saturated rings. The van der Waals surface area contributed by atoms with Gasteiger partial charge in [-0.15, -0.1) is 0 Å². The van der Waals surface area contributed by atoms with E-state index in [1.54, 1.807) is 0 Å². The molecule has 0 aromatic carbocycles. The van der Waals surface area contributed by atoms with Gasteiger partial charge in [-0.2, -0.15) is 0 Å². The van der Waals surface area contributed by atoms with Crippen LogP contribution < -0.4 is 0 Å². The van der Waals surface area contributed by atoms with Crippen LogP contribution in [0.2, 0.25) is 0 Å². The topological polar surface area (TPSA) is 71.1 Å². The second kappa shape index (κ2) is 11.0. The number of carbonyl (C=O) groups excluding carboxylic acids is 2. The Labute approximate surface area is 99.7 Å². The Bertz CT molecular complexity index is 235. The van der Waals surface area contributed by atoms with E-state index in [1.807, 2.05) is 0 Å². The molecule has 0 atom stereocenters. The van der Waals surface area contributed by atoms with Crippen LogP contribution in [0.1, 0.15) is 6.42 Å². The number of allylic oxidation sites excluding steroid dienone is 1. The normalized spacial score (nSPS) is 9.65. The Morgan fingerprint density at radius 2 is 1.76 bits per heavy atom. The van der Waals surface area contributed by atoms with E-state index in [9.17, 15) is 9.59 Å². The quantitative estimate of drug-likeness (QED) is 0.134. The fourth-order valence-electron chi connectivity index (χ4n) is 0.690. The number of ketones is 1. The molecule has 0 aliphatic carbocycles. The summed E-state index contributed by atoms with van der Waals surface area (Å²) >= 11 is 0. The molecule has 17 heavy (non-hydrogen) atoms. The van der Waals surface area contributed by atoms with Crippen molar-refractivity contribution >= 4 is 11.8 Å². The van der Waals surface area contributed by atoms with Gasteiger partial charge in [0.2, 0.25) is 0 Å². The molecule has 0 bridgehead atoms. The summed E-state index contributed by atoms with van der Waals surface area (Å²) < 4.78 is 9.53. The van der Waals surface area contributed by atoms with Crippen molar-refractivity contribution in [1.82, 2.24) is 0 Å². The van der Waals surface area contributed by atoms with E-state index in [0.717, 1.165) is 6.08 Å². The summed E-state index contributed by atoms with van der Waals surface area (Å²) in [4.78, 5) is 30.6. The van der Waals surface area contributed by atoms with Crippen molar-refractivity contribution in [2.75, 3.05) is 26.6 Å². The fourth-order valence-corrected chi connectivity index (χ4v) is 0.690. The lowest BCUT2D eigenvalue weighted by Crippen LogP contribution is -2.11. The molecule has 0 rings (SSSR count). The van der Waals surface area contributed by atoms with Gasteiger partial charge in [-0.05, 0) is 6.08 Å². The predicted molar refractivity (Wildman–Crippen MR) is 58.8 cm³/mol. The molecule has 0 amide bonds. The van der Waals surface area contributed by atoms with Gasteiger partial charge in [0.25, 0.3) is 0 Å². The Kier molecular flexibility index (Phi) is 10.0. The van der Waals surface area contributed by atoms with Gasteiger partial charge in [0, 0.05) is 12.5 Å². The number of ether oxygens (including phenoxy) is 2. The second-order valence-corrected chi connectivity index (χ2v) is 2.76. The lowest BCUT2D eigenvalue weighted by molar-refractivity contribution is -0.336. The van der Waals surface area contributed by atoms with Crippen LogP contribution >= 0.6 is 0 Å². The second-order valence-electron chi connectivity index (χ2n) is 2.76. The van der Waals surface area contributed by atoms with Crippen LogP contribution in [0.25, 0.3) is 0 Å². The third-order valence-corrected chi connectivity index (χ3v) is 1.51. The largest absolute Gasteiger partial charge is 0.460 e. The van der Waals surface area contributed by atoms with Gasteiger partial charge in [-0.25, -0.2) is 14.6 Å². The first kappa shape index (κ1) is 15.5. The van der Waals surface area contributed by atoms with Gasteiger partial charge in [-0.3, -0.25) is 4.79 Å². The minimum atomic E-state index is -0.506. The van der Waals surface area contributed by atoms with Crippen molar-refractivity contribution in [2.24, 2.45) is 0 Å². The first-order valence-electron chi connectivity index (χ1n) is 4.97. The molecule has 0 unspecified atom stereocenters. The van der Waals surface area contributed by atoms with Crippen molar-refractivity contribution in [1.29, 1.82) is 0 Å². The zero-order valence-corrected chi connectivity index (χ0v) is 9.55. The van der Waals surface area contributed by atoms with E-state index < -0.39 is 5.97 Å². The van der Waals surface area contributed by atoms with Crippen LogP contribution in [0.15, 0.2) is 25.3 Å². The Balaban J connectivity index is 3.13. The minimum Gasteiger partial charge on any atom is -0.460 e. The van der Waals surface area contributed by atoms with E-state index in [2.05, 4.69) is 27.7 Å². The number of rotatable bonds is 11. The highest BCUT2D eigenvalue weighted by Gasteiger charge is 1.97. The Morgan fingerprint density at radius 1 is 1.00 bits per heavy atom. The summed E-state index contributed by atoms with van der Waals surface area (Å²) in [6.45, 7) is 6.89. The lowest BCUT2D eigenvalue weighted by Gasteiger charge is -2.04. The molecule has 6 nitrogen and oxygen atoms in total. The maximum absolute atomic E-state index is 10.7. The van der Waals surface area contributed by atoms with E-state index in [4.69, 9.17) is 4.74 Å². The molecule has 6 heteroatoms. The molecule has 0 N–H and O–H groups in total. The smallest absolute Gasteiger partial charge is 0.330 e. The lowest BCUT2D eigenvalue weighted by atomic mass is 10.3. The van der Waals surface area contributed by atoms with Crippen molar-refractivity contribution in [3.63, 3.8) is 0 Å². The fraction of sp³-hybridized carbons (Fsp3) is 0.455. The number of carbonyl (C=O) groups is 2. The number of hydrogen-bond donors (Lipinski definition) is 0. The van der Waals surface area contributed by atoms with Crippen LogP contribution in [-0.2, 0) is 28.8 Å². The summed E-state index contributed by atoms with van der Waals surface area (Å²) in [6.07, 6.45) is 2.49. The molecule has 0 aromatic heterocycles. The average Bonchev–Trinajstić information content (AvgIpc) is 2.35. The number of hydrogen-bond acceptors (Lipinski definition) is 6. The maximum atomic E-state index is 10.7. The Morgan fingerprint density at radius 3 is 2.41 bits per heavy atom. The molecule has 0 radical (unpaired) electrons. The molecule has 0 aromatic rings. The van der Waals surface area contributed by atoms with Gasteiger partial charge in [0.1, 0.15) is 6.61 Å². The number of esters is 1. The zero-order valence-electron chi connectivity index (χ0n) is 9.55. The third-order valence-electron chi connectivity index (χ3n) is 1.51. The molecule has 0 saturated heterocycles. The molecular weight excluding hydrogens is 228 g/mol. The molecule has 0 aliphatic rings. The van der Waals surface area contributed by atoms with Crippen LogP contribution in [0.5, 0.6) is 0 Å². The van der Waals surface area contributed by atoms with E-state index in [1.165, 1.54) is 6.08 Å². The predicted octanol–water partition coefficient (Wildman–Crippen LogP) is 0.783. The van der Waals surface area contributed by atoms with Gasteiger partial charge in [0.05, 0.1) is 13.2 Å².